The van der Waals surface area contributed by atoms with E-state index in [9.17, 15) is 19.5 Å². The van der Waals surface area contributed by atoms with Gasteiger partial charge in [0.15, 0.2) is 5.54 Å². The smallest absolute Gasteiger partial charge is 0.278 e. The molecule has 0 aliphatic heterocycles. The molecule has 0 spiro atoms. The summed E-state index contributed by atoms with van der Waals surface area (Å²) in [6.07, 6.45) is -0.258. The summed E-state index contributed by atoms with van der Waals surface area (Å²) >= 11 is 0. The number of amides is 3. The number of likely N-dealkylation sites (N-methyl/N-ethyl adjacent to an activating group) is 2. The lowest BCUT2D eigenvalue weighted by atomic mass is 9.96. The van der Waals surface area contributed by atoms with Crippen LogP contribution in [0, 0.1) is 11.8 Å². The van der Waals surface area contributed by atoms with Crippen LogP contribution in [0.1, 0.15) is 46.5 Å². The molecule has 2 rings (SSSR count). The van der Waals surface area contributed by atoms with E-state index >= 15 is 0 Å². The minimum atomic E-state index is -1.97. The van der Waals surface area contributed by atoms with Crippen molar-refractivity contribution in [3.8, 4) is 11.8 Å². The Labute approximate surface area is 209 Å². The largest absolute Gasteiger partial charge is 0.396 e. The van der Waals surface area contributed by atoms with Crippen molar-refractivity contribution in [3.63, 3.8) is 0 Å². The van der Waals surface area contributed by atoms with Gasteiger partial charge < -0.3 is 25.2 Å². The first-order chi connectivity index (χ1) is 17.2. The van der Waals surface area contributed by atoms with Crippen molar-refractivity contribution >= 4 is 17.7 Å². The van der Waals surface area contributed by atoms with E-state index < -0.39 is 29.4 Å². The highest BCUT2D eigenvalue weighted by Crippen LogP contribution is 2.18. The molecule has 0 fully saturated rings. The van der Waals surface area contributed by atoms with Crippen LogP contribution in [0.2, 0.25) is 0 Å². The number of hydrogen-bond donors (Lipinski definition) is 5. The van der Waals surface area contributed by atoms with E-state index in [0.717, 1.165) is 10.5 Å². The first-order valence-corrected chi connectivity index (χ1v) is 11.2. The normalized spacial score (nSPS) is 12.9. The minimum absolute atomic E-state index is 0.0417. The van der Waals surface area contributed by atoms with Gasteiger partial charge in [0.25, 0.3) is 17.7 Å². The Morgan fingerprint density at radius 1 is 1.03 bits per heavy atom. The van der Waals surface area contributed by atoms with E-state index in [1.54, 1.807) is 36.4 Å². The van der Waals surface area contributed by atoms with Gasteiger partial charge in [-0.05, 0) is 55.3 Å². The Morgan fingerprint density at radius 3 is 2.08 bits per heavy atom. The zero-order valence-corrected chi connectivity index (χ0v) is 20.4. The Kier molecular flexibility index (Phi) is 10.6. The maximum Gasteiger partial charge on any atom is 0.278 e. The van der Waals surface area contributed by atoms with Crippen LogP contribution >= 0.6 is 0 Å². The summed E-state index contributed by atoms with van der Waals surface area (Å²) in [6, 6.07) is 13.4. The van der Waals surface area contributed by atoms with Crippen LogP contribution in [0.3, 0.4) is 0 Å². The lowest BCUT2D eigenvalue weighted by Gasteiger charge is -2.34. The number of nitrogens with one attached hydrogen (secondary N) is 2. The number of carbonyl (C=O) groups excluding carboxylic acids is 3. The van der Waals surface area contributed by atoms with Gasteiger partial charge in [-0.2, -0.15) is 0 Å². The molecule has 0 aromatic heterocycles. The quantitative estimate of drug-likeness (QED) is 0.106. The SMILES string of the molecule is CNC(=O)C(C)(C(=O)NO)N(C)C(=O)c1ccc(C#Cc2ccc([C@@H](O)COCCCO)cc2)cc1. The fourth-order valence-corrected chi connectivity index (χ4v) is 3.24. The van der Waals surface area contributed by atoms with Crippen molar-refractivity contribution in [2.45, 2.75) is 25.0 Å². The van der Waals surface area contributed by atoms with Crippen molar-refractivity contribution in [1.29, 1.82) is 0 Å². The molecule has 2 atom stereocenters. The Hall–Kier alpha value is -3.75. The van der Waals surface area contributed by atoms with Gasteiger partial charge in [0.2, 0.25) is 0 Å². The zero-order chi connectivity index (χ0) is 26.7. The molecule has 36 heavy (non-hydrogen) atoms. The summed E-state index contributed by atoms with van der Waals surface area (Å²) in [5.41, 5.74) is 1.74. The van der Waals surface area contributed by atoms with Gasteiger partial charge in [-0.25, -0.2) is 5.48 Å². The van der Waals surface area contributed by atoms with Crippen LogP contribution in [0.5, 0.6) is 0 Å². The Balaban J connectivity index is 2.09. The minimum Gasteiger partial charge on any atom is -0.396 e. The number of aliphatic hydroxyl groups excluding tert-OH is 2. The standard InChI is InChI=1S/C26H31N3O7/c1-26(24(33)27-2,25(34)28-35)29(3)23(32)21-13-9-19(10-14-21)6-5-18-7-11-20(12-8-18)22(31)17-36-16-4-15-30/h7-14,22,30-31,35H,4,15-17H2,1-3H3,(H,27,33)(H,28,34)/t22-,26?/m0/s1. The first-order valence-electron chi connectivity index (χ1n) is 11.2. The second kappa shape index (κ2) is 13.4. The lowest BCUT2D eigenvalue weighted by molar-refractivity contribution is -0.148. The molecule has 3 amide bonds. The third-order valence-electron chi connectivity index (χ3n) is 5.69. The summed E-state index contributed by atoms with van der Waals surface area (Å²) < 4.78 is 5.30. The third kappa shape index (κ3) is 6.90. The average Bonchev–Trinajstić information content (AvgIpc) is 2.92. The van der Waals surface area contributed by atoms with Crippen LogP contribution < -0.4 is 10.8 Å². The van der Waals surface area contributed by atoms with Crippen molar-refractivity contribution in [2.75, 3.05) is 33.9 Å². The highest BCUT2D eigenvalue weighted by Gasteiger charge is 2.47. The maximum absolute atomic E-state index is 12.9. The Bertz CT molecular complexity index is 1090. The van der Waals surface area contributed by atoms with Crippen molar-refractivity contribution in [2.24, 2.45) is 0 Å². The molecule has 0 bridgehead atoms. The molecule has 0 saturated carbocycles. The lowest BCUT2D eigenvalue weighted by Crippen LogP contribution is -2.64. The van der Waals surface area contributed by atoms with Gasteiger partial charge in [0, 0.05) is 44.0 Å². The molecule has 10 heteroatoms. The van der Waals surface area contributed by atoms with Crippen molar-refractivity contribution in [1.82, 2.24) is 15.7 Å². The summed E-state index contributed by atoms with van der Waals surface area (Å²) in [4.78, 5) is 38.3. The molecular weight excluding hydrogens is 466 g/mol. The molecule has 192 valence electrons. The summed E-state index contributed by atoms with van der Waals surface area (Å²) in [6.45, 7) is 1.78. The van der Waals surface area contributed by atoms with Gasteiger partial charge in [0.1, 0.15) is 6.10 Å². The number of hydrogen-bond acceptors (Lipinski definition) is 7. The second-order valence-corrected chi connectivity index (χ2v) is 8.07. The van der Waals surface area contributed by atoms with E-state index in [4.69, 9.17) is 15.1 Å². The molecule has 0 saturated heterocycles. The molecular formula is C26H31N3O7. The molecule has 5 N–H and O–H groups in total. The summed E-state index contributed by atoms with van der Waals surface area (Å²) in [5.74, 6) is 3.59. The monoisotopic (exact) mass is 497 g/mol. The van der Waals surface area contributed by atoms with Crippen LogP contribution in [0.25, 0.3) is 0 Å². The highest BCUT2D eigenvalue weighted by atomic mass is 16.5. The summed E-state index contributed by atoms with van der Waals surface area (Å²) in [7, 11) is 2.62. The van der Waals surface area contributed by atoms with Gasteiger partial charge in [-0.1, -0.05) is 24.0 Å². The van der Waals surface area contributed by atoms with Gasteiger partial charge in [-0.3, -0.25) is 19.6 Å². The Morgan fingerprint density at radius 2 is 1.58 bits per heavy atom. The zero-order valence-electron chi connectivity index (χ0n) is 20.4. The number of carbonyl (C=O) groups is 3. The van der Waals surface area contributed by atoms with Crippen molar-refractivity contribution in [3.05, 3.63) is 70.8 Å². The molecule has 2 aromatic carbocycles. The van der Waals surface area contributed by atoms with Crippen LogP contribution in [-0.2, 0) is 14.3 Å². The summed E-state index contributed by atoms with van der Waals surface area (Å²) in [5, 5.41) is 30.3. The molecule has 1 unspecified atom stereocenters. The van der Waals surface area contributed by atoms with E-state index in [1.807, 2.05) is 0 Å². The van der Waals surface area contributed by atoms with E-state index in [2.05, 4.69) is 17.2 Å². The fraction of sp³-hybridized carbons (Fsp3) is 0.346. The number of ether oxygens (including phenoxy) is 1. The molecule has 0 heterocycles. The maximum atomic E-state index is 12.9. The van der Waals surface area contributed by atoms with Crippen LogP contribution in [0.15, 0.2) is 48.5 Å². The van der Waals surface area contributed by atoms with Crippen molar-refractivity contribution < 1.29 is 34.5 Å². The topological polar surface area (TPSA) is 148 Å². The fourth-order valence-electron chi connectivity index (χ4n) is 3.24. The van der Waals surface area contributed by atoms with E-state index in [0.29, 0.717) is 24.2 Å². The van der Waals surface area contributed by atoms with Gasteiger partial charge in [0.05, 0.1) is 6.61 Å². The number of aliphatic hydroxyl groups is 2. The predicted octanol–water partition coefficient (Wildman–Crippen LogP) is 0.601. The number of benzene rings is 2. The van der Waals surface area contributed by atoms with E-state index in [1.165, 1.54) is 38.6 Å². The van der Waals surface area contributed by atoms with Gasteiger partial charge in [-0.15, -0.1) is 0 Å². The molecule has 0 aliphatic rings. The highest BCUT2D eigenvalue weighted by molar-refractivity contribution is 6.12. The van der Waals surface area contributed by atoms with E-state index in [-0.39, 0.29) is 18.8 Å². The second-order valence-electron chi connectivity index (χ2n) is 8.07. The third-order valence-corrected chi connectivity index (χ3v) is 5.69. The number of hydroxylamine groups is 1. The number of rotatable bonds is 10. The predicted molar refractivity (Wildman–Crippen MR) is 131 cm³/mol. The first kappa shape index (κ1) is 28.5. The number of nitrogens with zero attached hydrogens (tertiary/aromatic N) is 1. The molecule has 2 aromatic rings. The molecule has 0 aliphatic carbocycles. The van der Waals surface area contributed by atoms with Crippen LogP contribution in [0.4, 0.5) is 0 Å². The van der Waals surface area contributed by atoms with Crippen LogP contribution in [-0.4, -0.2) is 77.5 Å². The van der Waals surface area contributed by atoms with Gasteiger partial charge >= 0.3 is 0 Å². The average molecular weight is 498 g/mol. The molecule has 10 nitrogen and oxygen atoms in total. The molecule has 0 radical (unpaired) electrons.